The minimum absolute atomic E-state index is 0.00104. The highest BCUT2D eigenvalue weighted by Crippen LogP contribution is 2.34. The molecule has 0 amide bonds. The van der Waals surface area contributed by atoms with E-state index in [1.54, 1.807) is 0 Å². The summed E-state index contributed by atoms with van der Waals surface area (Å²) in [6.45, 7) is 0. The Balaban J connectivity index is 2.93. The molecule has 96 valence electrons. The molecule has 2 aromatic heterocycles. The summed E-state index contributed by atoms with van der Waals surface area (Å²) in [5.41, 5.74) is -2.85. The molecule has 0 saturated heterocycles. The first-order valence-electron chi connectivity index (χ1n) is 4.39. The lowest BCUT2D eigenvalue weighted by molar-refractivity contribution is -0.141. The van der Waals surface area contributed by atoms with Crippen molar-refractivity contribution in [2.75, 3.05) is 0 Å². The predicted molar refractivity (Wildman–Crippen MR) is 57.2 cm³/mol. The van der Waals surface area contributed by atoms with Gasteiger partial charge in [-0.05, 0) is 6.07 Å². The predicted octanol–water partition coefficient (Wildman–Crippen LogP) is 3.36. The van der Waals surface area contributed by atoms with Gasteiger partial charge in [-0.15, -0.1) is 0 Å². The monoisotopic (exact) mass is 298 g/mol. The zero-order valence-electron chi connectivity index (χ0n) is 8.29. The first-order valence-corrected chi connectivity index (χ1v) is 5.15. The van der Waals surface area contributed by atoms with Crippen LogP contribution in [0.5, 0.6) is 0 Å². The number of hydrogen-bond acceptors (Lipinski definition) is 2. The topological polar surface area (TPSA) is 54.6 Å². The Morgan fingerprint density at radius 2 is 2.00 bits per heavy atom. The fourth-order valence-corrected chi connectivity index (χ4v) is 1.99. The van der Waals surface area contributed by atoms with Crippen LogP contribution < -0.4 is 0 Å². The lowest BCUT2D eigenvalue weighted by Gasteiger charge is -2.03. The average Bonchev–Trinajstić information content (AvgIpc) is 2.55. The molecule has 9 heteroatoms. The molecule has 0 aliphatic heterocycles. The van der Waals surface area contributed by atoms with Gasteiger partial charge in [-0.3, -0.25) is 4.40 Å². The van der Waals surface area contributed by atoms with Gasteiger partial charge in [0.15, 0.2) is 17.0 Å². The molecule has 2 heterocycles. The zero-order valence-corrected chi connectivity index (χ0v) is 9.81. The number of carboxylic acid groups (broad SMARTS) is 1. The van der Waals surface area contributed by atoms with Gasteiger partial charge in [-0.2, -0.15) is 13.2 Å². The maximum atomic E-state index is 12.7. The molecule has 2 aromatic rings. The van der Waals surface area contributed by atoms with E-state index < -0.39 is 23.5 Å². The molecule has 0 saturated carbocycles. The minimum atomic E-state index is -4.89. The van der Waals surface area contributed by atoms with E-state index in [0.29, 0.717) is 4.40 Å². The molecule has 1 N–H and O–H groups in total. The maximum Gasteiger partial charge on any atom is 0.435 e. The van der Waals surface area contributed by atoms with Gasteiger partial charge in [-0.1, -0.05) is 23.2 Å². The van der Waals surface area contributed by atoms with Gasteiger partial charge in [0.05, 0.1) is 10.0 Å². The van der Waals surface area contributed by atoms with E-state index in [0.717, 1.165) is 6.20 Å². The van der Waals surface area contributed by atoms with Crippen LogP contribution >= 0.6 is 23.2 Å². The van der Waals surface area contributed by atoms with E-state index in [2.05, 4.69) is 4.98 Å². The van der Waals surface area contributed by atoms with Crippen molar-refractivity contribution < 1.29 is 23.1 Å². The summed E-state index contributed by atoms with van der Waals surface area (Å²) in [5.74, 6) is -1.77. The molecule has 18 heavy (non-hydrogen) atoms. The fraction of sp³-hybridized carbons (Fsp3) is 0.111. The molecule has 0 radical (unpaired) electrons. The first kappa shape index (κ1) is 13.0. The number of halogens is 5. The van der Waals surface area contributed by atoms with E-state index in [-0.39, 0.29) is 15.7 Å². The van der Waals surface area contributed by atoms with Crippen molar-refractivity contribution in [1.29, 1.82) is 0 Å². The molecular formula is C9H3Cl2F3N2O2. The third-order valence-electron chi connectivity index (χ3n) is 2.11. The summed E-state index contributed by atoms with van der Waals surface area (Å²) < 4.78 is 38.7. The van der Waals surface area contributed by atoms with Gasteiger partial charge in [0.25, 0.3) is 0 Å². The van der Waals surface area contributed by atoms with Crippen LogP contribution in [-0.2, 0) is 6.18 Å². The minimum Gasteiger partial charge on any atom is -0.476 e. The van der Waals surface area contributed by atoms with E-state index in [9.17, 15) is 18.0 Å². The summed E-state index contributed by atoms with van der Waals surface area (Å²) >= 11 is 11.3. The second-order valence-corrected chi connectivity index (χ2v) is 4.16. The summed E-state index contributed by atoms with van der Waals surface area (Å²) in [6.07, 6.45) is -3.88. The van der Waals surface area contributed by atoms with Crippen LogP contribution in [0.25, 0.3) is 5.65 Å². The van der Waals surface area contributed by atoms with Crippen LogP contribution in [0.15, 0.2) is 12.3 Å². The quantitative estimate of drug-likeness (QED) is 0.878. The Kier molecular flexibility index (Phi) is 2.90. The highest BCUT2D eigenvalue weighted by Gasteiger charge is 2.40. The molecule has 0 aliphatic rings. The van der Waals surface area contributed by atoms with Crippen molar-refractivity contribution in [3.8, 4) is 0 Å². The molecule has 2 rings (SSSR count). The lowest BCUT2D eigenvalue weighted by Crippen LogP contribution is -2.13. The number of aromatic carboxylic acids is 1. The smallest absolute Gasteiger partial charge is 0.435 e. The molecule has 0 atom stereocenters. The molecular weight excluding hydrogens is 296 g/mol. The summed E-state index contributed by atoms with van der Waals surface area (Å²) in [6, 6.07) is 1.18. The van der Waals surface area contributed by atoms with Crippen LogP contribution in [0.4, 0.5) is 13.2 Å². The zero-order chi connectivity index (χ0) is 13.7. The maximum absolute atomic E-state index is 12.7. The number of imidazole rings is 1. The number of nitrogens with zero attached hydrogens (tertiary/aromatic N) is 2. The largest absolute Gasteiger partial charge is 0.476 e. The van der Waals surface area contributed by atoms with Crippen LogP contribution in [0, 0.1) is 0 Å². The molecule has 0 aromatic carbocycles. The number of fused-ring (bicyclic) bond motifs is 1. The Hall–Kier alpha value is -1.47. The fourth-order valence-electron chi connectivity index (χ4n) is 1.48. The van der Waals surface area contributed by atoms with E-state index in [4.69, 9.17) is 28.3 Å². The van der Waals surface area contributed by atoms with E-state index in [1.165, 1.54) is 6.07 Å². The molecule has 0 fully saturated rings. The Labute approximate surface area is 108 Å². The van der Waals surface area contributed by atoms with Crippen molar-refractivity contribution in [3.05, 3.63) is 33.7 Å². The summed E-state index contributed by atoms with van der Waals surface area (Å²) in [7, 11) is 0. The van der Waals surface area contributed by atoms with Crippen molar-refractivity contribution >= 4 is 34.8 Å². The second kappa shape index (κ2) is 4.03. The van der Waals surface area contributed by atoms with Crippen molar-refractivity contribution in [1.82, 2.24) is 9.38 Å². The Morgan fingerprint density at radius 1 is 1.39 bits per heavy atom. The third kappa shape index (κ3) is 1.99. The normalized spacial score (nSPS) is 12.1. The van der Waals surface area contributed by atoms with Gasteiger partial charge >= 0.3 is 12.1 Å². The number of carboxylic acids is 1. The number of alkyl halides is 3. The van der Waals surface area contributed by atoms with Crippen molar-refractivity contribution in [3.63, 3.8) is 0 Å². The number of pyridine rings is 1. The number of aromatic nitrogens is 2. The highest BCUT2D eigenvalue weighted by molar-refractivity contribution is 6.36. The second-order valence-electron chi connectivity index (χ2n) is 3.31. The van der Waals surface area contributed by atoms with Gasteiger partial charge in [-0.25, -0.2) is 9.78 Å². The molecule has 0 bridgehead atoms. The standard InChI is InChI=1S/C9H3Cl2F3N2O2/c10-3-1-4(11)7-15-6(9(12,13)14)5(8(17)18)16(7)2-3/h1-2H,(H,17,18). The van der Waals surface area contributed by atoms with Crippen LogP contribution in [0.1, 0.15) is 16.2 Å². The van der Waals surface area contributed by atoms with Crippen LogP contribution in [0.3, 0.4) is 0 Å². The molecule has 0 aliphatic carbocycles. The number of hydrogen-bond donors (Lipinski definition) is 1. The van der Waals surface area contributed by atoms with Crippen LogP contribution in [0.2, 0.25) is 10.0 Å². The lowest BCUT2D eigenvalue weighted by atomic mass is 10.3. The number of rotatable bonds is 1. The Morgan fingerprint density at radius 3 is 2.50 bits per heavy atom. The number of carbonyl (C=O) groups is 1. The summed E-state index contributed by atoms with van der Waals surface area (Å²) in [4.78, 5) is 14.1. The molecule has 0 spiro atoms. The van der Waals surface area contributed by atoms with Crippen molar-refractivity contribution in [2.24, 2.45) is 0 Å². The average molecular weight is 299 g/mol. The molecule has 0 unspecified atom stereocenters. The van der Waals surface area contributed by atoms with E-state index in [1.807, 2.05) is 0 Å². The van der Waals surface area contributed by atoms with Gasteiger partial charge in [0.1, 0.15) is 0 Å². The van der Waals surface area contributed by atoms with Crippen molar-refractivity contribution in [2.45, 2.75) is 6.18 Å². The van der Waals surface area contributed by atoms with Gasteiger partial charge in [0, 0.05) is 6.20 Å². The third-order valence-corrected chi connectivity index (χ3v) is 2.60. The Bertz CT molecular complexity index is 651. The van der Waals surface area contributed by atoms with Crippen LogP contribution in [-0.4, -0.2) is 20.5 Å². The summed E-state index contributed by atoms with van der Waals surface area (Å²) in [5, 5.41) is 8.69. The van der Waals surface area contributed by atoms with Gasteiger partial charge < -0.3 is 5.11 Å². The first-order chi connectivity index (χ1) is 8.21. The van der Waals surface area contributed by atoms with Gasteiger partial charge in [0.2, 0.25) is 0 Å². The highest BCUT2D eigenvalue weighted by atomic mass is 35.5. The SMILES string of the molecule is O=C(O)c1c(C(F)(F)F)nc2c(Cl)cc(Cl)cn12. The van der Waals surface area contributed by atoms with E-state index >= 15 is 0 Å². The molecule has 4 nitrogen and oxygen atoms in total.